The average molecular weight is 259 g/mol. The Kier molecular flexibility index (Phi) is 7.96. The Labute approximate surface area is 109 Å². The van der Waals surface area contributed by atoms with E-state index in [0.29, 0.717) is 19.6 Å². The van der Waals surface area contributed by atoms with Crippen molar-refractivity contribution < 1.29 is 19.4 Å². The van der Waals surface area contributed by atoms with Crippen LogP contribution in [0.2, 0.25) is 0 Å². The van der Waals surface area contributed by atoms with E-state index in [2.05, 4.69) is 5.32 Å². The molecule has 1 aliphatic heterocycles. The number of rotatable bonds is 9. The van der Waals surface area contributed by atoms with Crippen LogP contribution in [0.5, 0.6) is 0 Å². The Bertz CT molecular complexity index is 229. The van der Waals surface area contributed by atoms with Gasteiger partial charge in [0.1, 0.15) is 6.04 Å². The van der Waals surface area contributed by atoms with Crippen molar-refractivity contribution in [3.63, 3.8) is 0 Å². The van der Waals surface area contributed by atoms with Gasteiger partial charge in [0.15, 0.2) is 0 Å². The molecule has 2 N–H and O–H groups in total. The molecule has 0 aliphatic carbocycles. The quantitative estimate of drug-likeness (QED) is 0.613. The van der Waals surface area contributed by atoms with Crippen LogP contribution < -0.4 is 5.32 Å². The van der Waals surface area contributed by atoms with Gasteiger partial charge in [-0.2, -0.15) is 0 Å². The van der Waals surface area contributed by atoms with E-state index in [9.17, 15) is 4.79 Å². The molecule has 0 radical (unpaired) electrons. The molecule has 106 valence electrons. The number of ether oxygens (including phenoxy) is 2. The van der Waals surface area contributed by atoms with Crippen molar-refractivity contribution in [1.29, 1.82) is 0 Å². The summed E-state index contributed by atoms with van der Waals surface area (Å²) in [6.07, 6.45) is 5.02. The Morgan fingerprint density at radius 3 is 3.00 bits per heavy atom. The maximum absolute atomic E-state index is 11.0. The van der Waals surface area contributed by atoms with Gasteiger partial charge >= 0.3 is 5.97 Å². The van der Waals surface area contributed by atoms with Gasteiger partial charge in [-0.05, 0) is 38.6 Å². The zero-order valence-electron chi connectivity index (χ0n) is 11.2. The molecule has 5 nitrogen and oxygen atoms in total. The zero-order chi connectivity index (χ0) is 13.2. The molecule has 2 unspecified atom stereocenters. The lowest BCUT2D eigenvalue weighted by Gasteiger charge is -2.22. The summed E-state index contributed by atoms with van der Waals surface area (Å²) in [5.74, 6) is -0.805. The highest BCUT2D eigenvalue weighted by Gasteiger charge is 2.17. The second-order valence-corrected chi connectivity index (χ2v) is 4.70. The summed E-state index contributed by atoms with van der Waals surface area (Å²) in [7, 11) is 0. The molecule has 0 bridgehead atoms. The summed E-state index contributed by atoms with van der Waals surface area (Å²) < 4.78 is 11.0. The highest BCUT2D eigenvalue weighted by atomic mass is 16.5. The van der Waals surface area contributed by atoms with Crippen molar-refractivity contribution >= 4 is 5.97 Å². The van der Waals surface area contributed by atoms with Gasteiger partial charge in [0, 0.05) is 13.2 Å². The third kappa shape index (κ3) is 6.33. The Hall–Kier alpha value is -0.650. The van der Waals surface area contributed by atoms with Crippen LogP contribution in [0.1, 0.15) is 39.0 Å². The van der Waals surface area contributed by atoms with Gasteiger partial charge in [-0.25, -0.2) is 0 Å². The molecule has 0 aromatic rings. The summed E-state index contributed by atoms with van der Waals surface area (Å²) in [6, 6.07) is -0.503. The predicted octanol–water partition coefficient (Wildman–Crippen LogP) is 1.41. The highest BCUT2D eigenvalue weighted by Crippen LogP contribution is 2.12. The summed E-state index contributed by atoms with van der Waals surface area (Å²) in [6.45, 7) is 4.61. The van der Waals surface area contributed by atoms with Gasteiger partial charge in [-0.1, -0.05) is 6.92 Å². The fraction of sp³-hybridized carbons (Fsp3) is 0.923. The van der Waals surface area contributed by atoms with Gasteiger partial charge in [0.2, 0.25) is 0 Å². The molecule has 0 spiro atoms. The first-order valence-electron chi connectivity index (χ1n) is 6.89. The smallest absolute Gasteiger partial charge is 0.320 e. The molecule has 1 fully saturated rings. The van der Waals surface area contributed by atoms with Crippen LogP contribution in [0.15, 0.2) is 0 Å². The zero-order valence-corrected chi connectivity index (χ0v) is 11.2. The summed E-state index contributed by atoms with van der Waals surface area (Å²) in [4.78, 5) is 11.0. The lowest BCUT2D eigenvalue weighted by atomic mass is 10.1. The van der Waals surface area contributed by atoms with Crippen LogP contribution >= 0.6 is 0 Å². The van der Waals surface area contributed by atoms with E-state index in [1.807, 2.05) is 6.92 Å². The SMILES string of the molecule is CCCNC(CCOCC1CCCCO1)C(=O)O. The largest absolute Gasteiger partial charge is 0.480 e. The fourth-order valence-electron chi connectivity index (χ4n) is 1.99. The second kappa shape index (κ2) is 9.30. The molecule has 1 rings (SSSR count). The van der Waals surface area contributed by atoms with E-state index in [-0.39, 0.29) is 6.10 Å². The lowest BCUT2D eigenvalue weighted by molar-refractivity contribution is -0.140. The molecule has 0 amide bonds. The summed E-state index contributed by atoms with van der Waals surface area (Å²) in [5, 5.41) is 12.0. The molecule has 0 aromatic carbocycles. The van der Waals surface area contributed by atoms with Crippen LogP contribution in [0.4, 0.5) is 0 Å². The molecule has 0 saturated carbocycles. The van der Waals surface area contributed by atoms with Crippen molar-refractivity contribution in [2.75, 3.05) is 26.4 Å². The number of carboxylic acid groups (broad SMARTS) is 1. The van der Waals surface area contributed by atoms with Crippen molar-refractivity contribution in [2.45, 2.75) is 51.2 Å². The Morgan fingerprint density at radius 1 is 1.56 bits per heavy atom. The molecule has 5 heteroatoms. The Balaban J connectivity index is 2.08. The van der Waals surface area contributed by atoms with Crippen LogP contribution in [-0.4, -0.2) is 49.6 Å². The monoisotopic (exact) mass is 259 g/mol. The number of hydrogen-bond donors (Lipinski definition) is 2. The van der Waals surface area contributed by atoms with E-state index in [0.717, 1.165) is 32.4 Å². The minimum atomic E-state index is -0.805. The minimum Gasteiger partial charge on any atom is -0.480 e. The van der Waals surface area contributed by atoms with E-state index in [4.69, 9.17) is 14.6 Å². The third-order valence-electron chi connectivity index (χ3n) is 3.07. The number of carbonyl (C=O) groups is 1. The lowest BCUT2D eigenvalue weighted by Crippen LogP contribution is -2.38. The first-order valence-corrected chi connectivity index (χ1v) is 6.89. The summed E-state index contributed by atoms with van der Waals surface area (Å²) >= 11 is 0. The average Bonchev–Trinajstić information content (AvgIpc) is 2.38. The number of aliphatic carboxylic acids is 1. The highest BCUT2D eigenvalue weighted by molar-refractivity contribution is 5.73. The van der Waals surface area contributed by atoms with Gasteiger partial charge in [0.25, 0.3) is 0 Å². The summed E-state index contributed by atoms with van der Waals surface area (Å²) in [5.41, 5.74) is 0. The van der Waals surface area contributed by atoms with Crippen molar-refractivity contribution in [3.8, 4) is 0 Å². The first-order chi connectivity index (χ1) is 8.74. The van der Waals surface area contributed by atoms with E-state index in [1.165, 1.54) is 6.42 Å². The number of nitrogens with one attached hydrogen (secondary N) is 1. The van der Waals surface area contributed by atoms with Crippen molar-refractivity contribution in [1.82, 2.24) is 5.32 Å². The van der Waals surface area contributed by atoms with Crippen LogP contribution in [-0.2, 0) is 14.3 Å². The fourth-order valence-corrected chi connectivity index (χ4v) is 1.99. The van der Waals surface area contributed by atoms with Gasteiger partial charge in [-0.3, -0.25) is 4.79 Å². The molecule has 1 saturated heterocycles. The van der Waals surface area contributed by atoms with Crippen LogP contribution in [0.25, 0.3) is 0 Å². The molecular weight excluding hydrogens is 234 g/mol. The maximum atomic E-state index is 11.0. The predicted molar refractivity (Wildman–Crippen MR) is 68.7 cm³/mol. The van der Waals surface area contributed by atoms with E-state index in [1.54, 1.807) is 0 Å². The third-order valence-corrected chi connectivity index (χ3v) is 3.07. The Morgan fingerprint density at radius 2 is 2.39 bits per heavy atom. The molecule has 18 heavy (non-hydrogen) atoms. The van der Waals surface area contributed by atoms with Crippen LogP contribution in [0.3, 0.4) is 0 Å². The van der Waals surface area contributed by atoms with Gasteiger partial charge in [-0.15, -0.1) is 0 Å². The molecular formula is C13H25NO4. The molecule has 1 heterocycles. The van der Waals surface area contributed by atoms with Crippen LogP contribution in [0, 0.1) is 0 Å². The molecule has 1 aliphatic rings. The van der Waals surface area contributed by atoms with Crippen molar-refractivity contribution in [2.24, 2.45) is 0 Å². The normalized spacial score (nSPS) is 21.7. The molecule has 2 atom stereocenters. The van der Waals surface area contributed by atoms with Gasteiger partial charge in [0.05, 0.1) is 12.7 Å². The first kappa shape index (κ1) is 15.4. The van der Waals surface area contributed by atoms with E-state index < -0.39 is 12.0 Å². The topological polar surface area (TPSA) is 67.8 Å². The standard InChI is InChI=1S/C13H25NO4/c1-2-7-14-12(13(15)16)6-9-17-10-11-5-3-4-8-18-11/h11-12,14H,2-10H2,1H3,(H,15,16). The second-order valence-electron chi connectivity index (χ2n) is 4.70. The minimum absolute atomic E-state index is 0.200. The van der Waals surface area contributed by atoms with E-state index >= 15 is 0 Å². The van der Waals surface area contributed by atoms with Crippen molar-refractivity contribution in [3.05, 3.63) is 0 Å². The number of carboxylic acids is 1. The van der Waals surface area contributed by atoms with Gasteiger partial charge < -0.3 is 19.9 Å². The number of hydrogen-bond acceptors (Lipinski definition) is 4. The maximum Gasteiger partial charge on any atom is 0.320 e. The molecule has 0 aromatic heterocycles.